The summed E-state index contributed by atoms with van der Waals surface area (Å²) in [5, 5.41) is 13.5. The number of aryl methyl sites for hydroxylation is 1. The lowest BCUT2D eigenvalue weighted by atomic mass is 9.97. The molecule has 0 fully saturated rings. The number of aliphatic hydroxyl groups excluding tert-OH is 1. The summed E-state index contributed by atoms with van der Waals surface area (Å²) in [6, 6.07) is 7.28. The second-order valence-corrected chi connectivity index (χ2v) is 6.02. The molecule has 2 atom stereocenters. The highest BCUT2D eigenvalue weighted by Gasteiger charge is 2.20. The first-order chi connectivity index (χ1) is 10.9. The van der Waals surface area contributed by atoms with Crippen molar-refractivity contribution >= 4 is 0 Å². The molecule has 23 heavy (non-hydrogen) atoms. The second kappa shape index (κ2) is 7.62. The third-order valence-corrected chi connectivity index (χ3v) is 3.87. The molecule has 2 aromatic rings. The Hall–Kier alpha value is -1.85. The maximum atomic E-state index is 13.3. The average Bonchev–Trinajstić information content (AvgIpc) is 2.51. The van der Waals surface area contributed by atoms with Crippen molar-refractivity contribution in [3.8, 4) is 0 Å². The average molecular weight is 320 g/mol. The standard InChI is InChI=1S/C18H22F2N2O/c1-11(2)17(18-12(3)5-4-8-21-18)22-10-16(23)13-6-7-14(19)15(20)9-13/h4-9,11,16-17,22-23H,10H2,1-3H3. The van der Waals surface area contributed by atoms with Crippen molar-refractivity contribution < 1.29 is 13.9 Å². The van der Waals surface area contributed by atoms with Gasteiger partial charge in [0.25, 0.3) is 0 Å². The lowest BCUT2D eigenvalue weighted by molar-refractivity contribution is 0.164. The SMILES string of the molecule is Cc1cccnc1C(NCC(O)c1ccc(F)c(F)c1)C(C)C. The van der Waals surface area contributed by atoms with Crippen LogP contribution in [-0.2, 0) is 0 Å². The van der Waals surface area contributed by atoms with Crippen LogP contribution in [0.4, 0.5) is 8.78 Å². The van der Waals surface area contributed by atoms with E-state index in [1.54, 1.807) is 6.20 Å². The van der Waals surface area contributed by atoms with E-state index in [0.717, 1.165) is 23.4 Å². The van der Waals surface area contributed by atoms with Crippen molar-refractivity contribution in [1.29, 1.82) is 0 Å². The van der Waals surface area contributed by atoms with E-state index in [0.29, 0.717) is 5.56 Å². The second-order valence-electron chi connectivity index (χ2n) is 6.02. The fraction of sp³-hybridized carbons (Fsp3) is 0.389. The van der Waals surface area contributed by atoms with Gasteiger partial charge in [0.05, 0.1) is 17.8 Å². The molecule has 2 rings (SSSR count). The molecule has 0 spiro atoms. The molecule has 0 saturated carbocycles. The maximum Gasteiger partial charge on any atom is 0.159 e. The van der Waals surface area contributed by atoms with Gasteiger partial charge in [-0.05, 0) is 42.2 Å². The van der Waals surface area contributed by atoms with Crippen molar-refractivity contribution in [3.05, 3.63) is 65.0 Å². The number of hydrogen-bond acceptors (Lipinski definition) is 3. The zero-order valence-electron chi connectivity index (χ0n) is 13.6. The predicted molar refractivity (Wildman–Crippen MR) is 85.9 cm³/mol. The first-order valence-corrected chi connectivity index (χ1v) is 7.68. The monoisotopic (exact) mass is 320 g/mol. The summed E-state index contributed by atoms with van der Waals surface area (Å²) in [5.74, 6) is -1.61. The van der Waals surface area contributed by atoms with E-state index in [1.165, 1.54) is 6.07 Å². The molecule has 1 aromatic heterocycles. The van der Waals surface area contributed by atoms with Crippen molar-refractivity contribution in [2.45, 2.75) is 32.9 Å². The third kappa shape index (κ3) is 4.33. The molecular weight excluding hydrogens is 298 g/mol. The summed E-state index contributed by atoms with van der Waals surface area (Å²) < 4.78 is 26.2. The first-order valence-electron chi connectivity index (χ1n) is 7.68. The van der Waals surface area contributed by atoms with Crippen LogP contribution in [0.15, 0.2) is 36.5 Å². The summed E-state index contributed by atoms with van der Waals surface area (Å²) in [4.78, 5) is 4.42. The number of hydrogen-bond donors (Lipinski definition) is 2. The normalized spacial score (nSPS) is 14.0. The van der Waals surface area contributed by atoms with Crippen LogP contribution in [0.3, 0.4) is 0 Å². The van der Waals surface area contributed by atoms with Crippen LogP contribution in [0.1, 0.15) is 42.8 Å². The van der Waals surface area contributed by atoms with E-state index in [2.05, 4.69) is 24.1 Å². The van der Waals surface area contributed by atoms with Crippen LogP contribution >= 0.6 is 0 Å². The van der Waals surface area contributed by atoms with E-state index >= 15 is 0 Å². The van der Waals surface area contributed by atoms with Crippen molar-refractivity contribution in [1.82, 2.24) is 10.3 Å². The number of rotatable bonds is 6. The van der Waals surface area contributed by atoms with Crippen LogP contribution in [0.25, 0.3) is 0 Å². The minimum absolute atomic E-state index is 0.0313. The molecule has 0 aliphatic rings. The highest BCUT2D eigenvalue weighted by molar-refractivity contribution is 5.23. The Morgan fingerprint density at radius 1 is 1.17 bits per heavy atom. The number of nitrogens with one attached hydrogen (secondary N) is 1. The first kappa shape index (κ1) is 17.5. The number of aliphatic hydroxyl groups is 1. The van der Waals surface area contributed by atoms with Gasteiger partial charge < -0.3 is 10.4 Å². The van der Waals surface area contributed by atoms with Gasteiger partial charge in [-0.3, -0.25) is 4.98 Å². The van der Waals surface area contributed by atoms with E-state index < -0.39 is 17.7 Å². The molecule has 1 aromatic carbocycles. The quantitative estimate of drug-likeness (QED) is 0.853. The summed E-state index contributed by atoms with van der Waals surface area (Å²) in [5.41, 5.74) is 2.35. The fourth-order valence-electron chi connectivity index (χ4n) is 2.55. The Morgan fingerprint density at radius 2 is 1.91 bits per heavy atom. The number of halogens is 2. The smallest absolute Gasteiger partial charge is 0.159 e. The van der Waals surface area contributed by atoms with Gasteiger partial charge in [0.15, 0.2) is 11.6 Å². The summed E-state index contributed by atoms with van der Waals surface area (Å²) >= 11 is 0. The molecule has 3 nitrogen and oxygen atoms in total. The van der Waals surface area contributed by atoms with E-state index in [4.69, 9.17) is 0 Å². The largest absolute Gasteiger partial charge is 0.387 e. The Balaban J connectivity index is 2.09. The van der Waals surface area contributed by atoms with E-state index in [9.17, 15) is 13.9 Å². The molecule has 0 radical (unpaired) electrons. The van der Waals surface area contributed by atoms with E-state index in [-0.39, 0.29) is 18.5 Å². The van der Waals surface area contributed by atoms with Gasteiger partial charge in [0.2, 0.25) is 0 Å². The van der Waals surface area contributed by atoms with Crippen LogP contribution < -0.4 is 5.32 Å². The number of benzene rings is 1. The molecule has 0 aliphatic carbocycles. The van der Waals surface area contributed by atoms with Crippen LogP contribution in [0.5, 0.6) is 0 Å². The van der Waals surface area contributed by atoms with Crippen molar-refractivity contribution in [3.63, 3.8) is 0 Å². The minimum atomic E-state index is -0.956. The topological polar surface area (TPSA) is 45.2 Å². The molecule has 0 saturated heterocycles. The molecule has 0 amide bonds. The lowest BCUT2D eigenvalue weighted by Gasteiger charge is -2.25. The van der Waals surface area contributed by atoms with Gasteiger partial charge in [0.1, 0.15) is 0 Å². The van der Waals surface area contributed by atoms with Gasteiger partial charge in [-0.1, -0.05) is 26.0 Å². The van der Waals surface area contributed by atoms with Gasteiger partial charge in [-0.2, -0.15) is 0 Å². The minimum Gasteiger partial charge on any atom is -0.387 e. The Kier molecular flexibility index (Phi) is 5.80. The fourth-order valence-corrected chi connectivity index (χ4v) is 2.55. The zero-order valence-corrected chi connectivity index (χ0v) is 13.6. The van der Waals surface area contributed by atoms with Crippen molar-refractivity contribution in [2.75, 3.05) is 6.54 Å². The Labute approximate surface area is 135 Å². The summed E-state index contributed by atoms with van der Waals surface area (Å²) in [6.45, 7) is 6.35. The van der Waals surface area contributed by atoms with Crippen molar-refractivity contribution in [2.24, 2.45) is 5.92 Å². The summed E-state index contributed by atoms with van der Waals surface area (Å²) in [7, 11) is 0. The molecule has 124 valence electrons. The molecule has 5 heteroatoms. The highest BCUT2D eigenvalue weighted by atomic mass is 19.2. The lowest BCUT2D eigenvalue weighted by Crippen LogP contribution is -2.31. The van der Waals surface area contributed by atoms with Gasteiger partial charge in [-0.15, -0.1) is 0 Å². The zero-order chi connectivity index (χ0) is 17.0. The summed E-state index contributed by atoms with van der Waals surface area (Å²) in [6.07, 6.45) is 0.820. The molecule has 1 heterocycles. The Morgan fingerprint density at radius 3 is 2.52 bits per heavy atom. The third-order valence-electron chi connectivity index (χ3n) is 3.87. The molecular formula is C18H22F2N2O. The number of pyridine rings is 1. The highest BCUT2D eigenvalue weighted by Crippen LogP contribution is 2.24. The number of nitrogens with zero attached hydrogens (tertiary/aromatic N) is 1. The molecule has 0 bridgehead atoms. The Bertz CT molecular complexity index is 661. The maximum absolute atomic E-state index is 13.3. The van der Waals surface area contributed by atoms with Crippen LogP contribution in [0.2, 0.25) is 0 Å². The molecule has 0 aliphatic heterocycles. The van der Waals surface area contributed by atoms with Crippen LogP contribution in [0, 0.1) is 24.5 Å². The predicted octanol–water partition coefficient (Wildman–Crippen LogP) is 3.69. The van der Waals surface area contributed by atoms with E-state index in [1.807, 2.05) is 19.1 Å². The van der Waals surface area contributed by atoms with Gasteiger partial charge in [0, 0.05) is 12.7 Å². The molecule has 2 N–H and O–H groups in total. The van der Waals surface area contributed by atoms with Gasteiger partial charge in [-0.25, -0.2) is 8.78 Å². The number of aromatic nitrogens is 1. The van der Waals surface area contributed by atoms with Gasteiger partial charge >= 0.3 is 0 Å². The van der Waals surface area contributed by atoms with Crippen LogP contribution in [-0.4, -0.2) is 16.6 Å². The molecule has 2 unspecified atom stereocenters.